The summed E-state index contributed by atoms with van der Waals surface area (Å²) in [6.45, 7) is 3.37. The van der Waals surface area contributed by atoms with Crippen LogP contribution in [0.3, 0.4) is 0 Å². The van der Waals surface area contributed by atoms with Gasteiger partial charge in [0.1, 0.15) is 11.6 Å². The molecule has 6 nitrogen and oxygen atoms in total. The number of amides is 1. The fourth-order valence-corrected chi connectivity index (χ4v) is 2.44. The summed E-state index contributed by atoms with van der Waals surface area (Å²) in [5.41, 5.74) is 0. The maximum Gasteiger partial charge on any atom is 0.303 e. The number of nitrogens with zero attached hydrogens (tertiary/aromatic N) is 2. The Bertz CT molecular complexity index is 527. The van der Waals surface area contributed by atoms with Crippen molar-refractivity contribution in [2.45, 2.75) is 12.8 Å². The predicted octanol–water partition coefficient (Wildman–Crippen LogP) is 1.21. The van der Waals surface area contributed by atoms with E-state index in [1.165, 1.54) is 24.3 Å². The van der Waals surface area contributed by atoms with Crippen LogP contribution in [-0.4, -0.2) is 66.1 Å². The van der Waals surface area contributed by atoms with Crippen LogP contribution < -0.4 is 4.74 Å². The Hall–Kier alpha value is -2.15. The second kappa shape index (κ2) is 8.47. The highest BCUT2D eigenvalue weighted by Crippen LogP contribution is 2.11. The molecule has 1 aromatic carbocycles. The number of piperazine rings is 1. The van der Waals surface area contributed by atoms with Gasteiger partial charge in [-0.3, -0.25) is 14.5 Å². The third-order valence-electron chi connectivity index (χ3n) is 3.77. The molecular formula is C16H21FN2O4. The lowest BCUT2D eigenvalue weighted by molar-refractivity contribution is -0.137. The fraction of sp³-hybridized carbons (Fsp3) is 0.500. The van der Waals surface area contributed by atoms with Crippen molar-refractivity contribution in [3.8, 4) is 5.75 Å². The average Bonchev–Trinajstić information content (AvgIpc) is 2.54. The molecule has 0 unspecified atom stereocenters. The van der Waals surface area contributed by atoms with Crippen molar-refractivity contribution in [1.82, 2.24) is 9.80 Å². The molecule has 0 aliphatic carbocycles. The van der Waals surface area contributed by atoms with Gasteiger partial charge in [-0.2, -0.15) is 0 Å². The number of aliphatic carboxylic acids is 1. The summed E-state index contributed by atoms with van der Waals surface area (Å²) < 4.78 is 18.1. The minimum atomic E-state index is -0.781. The zero-order chi connectivity index (χ0) is 16.7. The number of benzene rings is 1. The van der Waals surface area contributed by atoms with Gasteiger partial charge < -0.3 is 14.7 Å². The van der Waals surface area contributed by atoms with E-state index in [-0.39, 0.29) is 24.8 Å². The molecule has 7 heteroatoms. The number of halogens is 1. The number of carbonyl (C=O) groups excluding carboxylic acids is 1. The van der Waals surface area contributed by atoms with Crippen LogP contribution in [0.4, 0.5) is 4.39 Å². The minimum absolute atomic E-state index is 0.0648. The van der Waals surface area contributed by atoms with Crippen LogP contribution >= 0.6 is 0 Å². The first-order valence-corrected chi connectivity index (χ1v) is 7.65. The smallest absolute Gasteiger partial charge is 0.303 e. The van der Waals surface area contributed by atoms with Crippen molar-refractivity contribution >= 4 is 11.9 Å². The van der Waals surface area contributed by atoms with Crippen LogP contribution in [0.2, 0.25) is 0 Å². The first-order valence-electron chi connectivity index (χ1n) is 7.65. The number of rotatable bonds is 7. The molecule has 0 aromatic heterocycles. The molecule has 1 amide bonds. The molecule has 1 heterocycles. The Morgan fingerprint density at radius 3 is 2.39 bits per heavy atom. The van der Waals surface area contributed by atoms with Gasteiger partial charge in [-0.25, -0.2) is 4.39 Å². The summed E-state index contributed by atoms with van der Waals surface area (Å²) in [6.07, 6.45) is 0.793. The van der Waals surface area contributed by atoms with Crippen LogP contribution in [0.1, 0.15) is 12.8 Å². The second-order valence-corrected chi connectivity index (χ2v) is 5.46. The van der Waals surface area contributed by atoms with Crippen LogP contribution in [0.25, 0.3) is 0 Å². The van der Waals surface area contributed by atoms with E-state index in [0.29, 0.717) is 25.3 Å². The highest BCUT2D eigenvalue weighted by atomic mass is 19.1. The molecule has 1 aliphatic heterocycles. The molecule has 1 N–H and O–H groups in total. The van der Waals surface area contributed by atoms with Crippen molar-refractivity contribution in [1.29, 1.82) is 0 Å². The number of carboxylic acid groups (broad SMARTS) is 1. The summed E-state index contributed by atoms with van der Waals surface area (Å²) in [7, 11) is 0. The third kappa shape index (κ3) is 5.86. The standard InChI is InChI=1S/C16H21FN2O4/c17-13-3-5-14(6-4-13)23-12-15(20)19-10-8-18(9-11-19)7-1-2-16(21)22/h3-6H,1-2,7-12H2,(H,21,22). The molecule has 0 atom stereocenters. The summed E-state index contributed by atoms with van der Waals surface area (Å²) in [4.78, 5) is 26.5. The first kappa shape index (κ1) is 17.2. The molecule has 1 aliphatic rings. The van der Waals surface area contributed by atoms with E-state index in [1.54, 1.807) is 4.90 Å². The van der Waals surface area contributed by atoms with Crippen LogP contribution in [0.5, 0.6) is 5.75 Å². The van der Waals surface area contributed by atoms with Crippen molar-refractivity contribution in [2.24, 2.45) is 0 Å². The van der Waals surface area contributed by atoms with Gasteiger partial charge in [0.05, 0.1) is 0 Å². The largest absolute Gasteiger partial charge is 0.484 e. The monoisotopic (exact) mass is 324 g/mol. The normalized spacial score (nSPS) is 15.4. The van der Waals surface area contributed by atoms with Crippen molar-refractivity contribution in [2.75, 3.05) is 39.3 Å². The summed E-state index contributed by atoms with van der Waals surface area (Å²) in [5.74, 6) is -0.758. The molecule has 1 aromatic rings. The summed E-state index contributed by atoms with van der Waals surface area (Å²) >= 11 is 0. The lowest BCUT2D eigenvalue weighted by Gasteiger charge is -2.34. The van der Waals surface area contributed by atoms with Gasteiger partial charge in [0.15, 0.2) is 6.61 Å². The molecule has 126 valence electrons. The lowest BCUT2D eigenvalue weighted by Crippen LogP contribution is -2.50. The number of ether oxygens (including phenoxy) is 1. The van der Waals surface area contributed by atoms with E-state index in [2.05, 4.69) is 4.90 Å². The number of carboxylic acids is 1. The van der Waals surface area contributed by atoms with Gasteiger partial charge in [0, 0.05) is 32.6 Å². The molecule has 23 heavy (non-hydrogen) atoms. The maximum atomic E-state index is 12.8. The topological polar surface area (TPSA) is 70.1 Å². The Morgan fingerprint density at radius 1 is 1.13 bits per heavy atom. The van der Waals surface area contributed by atoms with Gasteiger partial charge in [0.2, 0.25) is 0 Å². The molecule has 0 saturated carbocycles. The van der Waals surface area contributed by atoms with Gasteiger partial charge in [-0.05, 0) is 37.2 Å². The Balaban J connectivity index is 1.67. The van der Waals surface area contributed by atoms with Crippen LogP contribution in [-0.2, 0) is 9.59 Å². The van der Waals surface area contributed by atoms with E-state index < -0.39 is 5.97 Å². The maximum absolute atomic E-state index is 12.8. The van der Waals surface area contributed by atoms with E-state index in [0.717, 1.165) is 19.6 Å². The van der Waals surface area contributed by atoms with Gasteiger partial charge >= 0.3 is 5.97 Å². The molecule has 0 spiro atoms. The molecule has 1 fully saturated rings. The van der Waals surface area contributed by atoms with Crippen LogP contribution in [0, 0.1) is 5.82 Å². The van der Waals surface area contributed by atoms with E-state index in [1.807, 2.05) is 0 Å². The number of carbonyl (C=O) groups is 2. The van der Waals surface area contributed by atoms with Crippen molar-refractivity contribution in [3.05, 3.63) is 30.1 Å². The first-order chi connectivity index (χ1) is 11.0. The van der Waals surface area contributed by atoms with E-state index in [4.69, 9.17) is 9.84 Å². The van der Waals surface area contributed by atoms with E-state index >= 15 is 0 Å². The number of hydrogen-bond acceptors (Lipinski definition) is 4. The van der Waals surface area contributed by atoms with Gasteiger partial charge in [-0.1, -0.05) is 0 Å². The molecule has 0 radical (unpaired) electrons. The Labute approximate surface area is 134 Å². The third-order valence-corrected chi connectivity index (χ3v) is 3.77. The van der Waals surface area contributed by atoms with Crippen LogP contribution in [0.15, 0.2) is 24.3 Å². The zero-order valence-electron chi connectivity index (χ0n) is 12.9. The Kier molecular flexibility index (Phi) is 6.34. The molecule has 0 bridgehead atoms. The highest BCUT2D eigenvalue weighted by Gasteiger charge is 2.21. The van der Waals surface area contributed by atoms with Gasteiger partial charge in [-0.15, -0.1) is 0 Å². The summed E-state index contributed by atoms with van der Waals surface area (Å²) in [5, 5.41) is 8.62. The van der Waals surface area contributed by atoms with Crippen molar-refractivity contribution < 1.29 is 23.8 Å². The fourth-order valence-electron chi connectivity index (χ4n) is 2.44. The quantitative estimate of drug-likeness (QED) is 0.816. The lowest BCUT2D eigenvalue weighted by atomic mass is 10.2. The SMILES string of the molecule is O=C(O)CCCN1CCN(C(=O)COc2ccc(F)cc2)CC1. The second-order valence-electron chi connectivity index (χ2n) is 5.46. The zero-order valence-corrected chi connectivity index (χ0v) is 12.9. The molecule has 1 saturated heterocycles. The average molecular weight is 324 g/mol. The molecule has 2 rings (SSSR count). The Morgan fingerprint density at radius 2 is 1.78 bits per heavy atom. The summed E-state index contributed by atoms with van der Waals surface area (Å²) in [6, 6.07) is 5.55. The predicted molar refractivity (Wildman–Crippen MR) is 81.8 cm³/mol. The van der Waals surface area contributed by atoms with Crippen molar-refractivity contribution in [3.63, 3.8) is 0 Å². The minimum Gasteiger partial charge on any atom is -0.484 e. The van der Waals surface area contributed by atoms with Gasteiger partial charge in [0.25, 0.3) is 5.91 Å². The van der Waals surface area contributed by atoms with E-state index in [9.17, 15) is 14.0 Å². The molecular weight excluding hydrogens is 303 g/mol. The number of hydrogen-bond donors (Lipinski definition) is 1. The highest BCUT2D eigenvalue weighted by molar-refractivity contribution is 5.77.